The zero-order chi connectivity index (χ0) is 15.5. The van der Waals surface area contributed by atoms with Gasteiger partial charge in [0.25, 0.3) is 5.91 Å². The summed E-state index contributed by atoms with van der Waals surface area (Å²) in [6, 6.07) is 10.00. The van der Waals surface area contributed by atoms with Crippen molar-refractivity contribution in [3.63, 3.8) is 0 Å². The minimum atomic E-state index is 0. The summed E-state index contributed by atoms with van der Waals surface area (Å²) in [6.45, 7) is 6.35. The number of rotatable bonds is 2. The van der Waals surface area contributed by atoms with Crippen molar-refractivity contribution in [2.75, 3.05) is 19.6 Å². The maximum atomic E-state index is 13.0. The van der Waals surface area contributed by atoms with E-state index in [4.69, 9.17) is 0 Å². The summed E-state index contributed by atoms with van der Waals surface area (Å²) in [5, 5.41) is 3.37. The lowest BCUT2D eigenvalue weighted by molar-refractivity contribution is 0.0633. The van der Waals surface area contributed by atoms with Crippen molar-refractivity contribution in [2.45, 2.75) is 19.9 Å². The second-order valence-corrected chi connectivity index (χ2v) is 5.82. The number of aryl methyl sites for hydroxylation is 2. The van der Waals surface area contributed by atoms with Gasteiger partial charge in [0, 0.05) is 37.6 Å². The van der Waals surface area contributed by atoms with E-state index in [1.54, 1.807) is 6.20 Å². The number of piperazine rings is 1. The van der Waals surface area contributed by atoms with Gasteiger partial charge in [-0.25, -0.2) is 0 Å². The number of benzene rings is 1. The van der Waals surface area contributed by atoms with Crippen LogP contribution in [0.3, 0.4) is 0 Å². The lowest BCUT2D eigenvalue weighted by Crippen LogP contribution is -2.48. The van der Waals surface area contributed by atoms with Crippen LogP contribution in [0.2, 0.25) is 0 Å². The van der Waals surface area contributed by atoms with Crippen molar-refractivity contribution < 1.29 is 4.79 Å². The fourth-order valence-corrected chi connectivity index (χ4v) is 3.03. The zero-order valence-electron chi connectivity index (χ0n) is 13.5. The van der Waals surface area contributed by atoms with Crippen LogP contribution in [-0.2, 0) is 0 Å². The standard InChI is InChI=1S/C18H21N3O.ClH/c1-13-5-6-16(14(2)10-13)18(22)21-9-8-20-12-17(21)15-4-3-7-19-11-15;/h3-7,10-11,17,20H,8-9,12H2,1-2H3;1H. The molecule has 1 N–H and O–H groups in total. The van der Waals surface area contributed by atoms with Gasteiger partial charge in [-0.05, 0) is 37.1 Å². The topological polar surface area (TPSA) is 45.2 Å². The van der Waals surface area contributed by atoms with Gasteiger partial charge in [0.05, 0.1) is 6.04 Å². The van der Waals surface area contributed by atoms with E-state index >= 15 is 0 Å². The van der Waals surface area contributed by atoms with Crippen LogP contribution < -0.4 is 5.32 Å². The van der Waals surface area contributed by atoms with Crippen LogP contribution in [0.15, 0.2) is 42.7 Å². The van der Waals surface area contributed by atoms with Gasteiger partial charge in [0.15, 0.2) is 0 Å². The predicted molar refractivity (Wildman–Crippen MR) is 94.0 cm³/mol. The number of hydrogen-bond donors (Lipinski definition) is 1. The molecule has 1 atom stereocenters. The molecule has 2 heterocycles. The van der Waals surface area contributed by atoms with Crippen molar-refractivity contribution in [2.24, 2.45) is 0 Å². The molecule has 4 nitrogen and oxygen atoms in total. The number of nitrogens with one attached hydrogen (secondary N) is 1. The van der Waals surface area contributed by atoms with Crippen LogP contribution in [0.4, 0.5) is 0 Å². The van der Waals surface area contributed by atoms with Crippen LogP contribution in [0.5, 0.6) is 0 Å². The zero-order valence-corrected chi connectivity index (χ0v) is 14.3. The molecule has 1 aliphatic rings. The Hall–Kier alpha value is -1.91. The molecule has 0 bridgehead atoms. The fraction of sp³-hybridized carbons (Fsp3) is 0.333. The van der Waals surface area contributed by atoms with Crippen molar-refractivity contribution in [1.29, 1.82) is 0 Å². The number of carbonyl (C=O) groups is 1. The molecule has 1 unspecified atom stereocenters. The molecular formula is C18H22ClN3O. The molecule has 0 spiro atoms. The van der Waals surface area contributed by atoms with E-state index in [1.165, 1.54) is 5.56 Å². The Labute approximate surface area is 143 Å². The van der Waals surface area contributed by atoms with Crippen molar-refractivity contribution in [3.8, 4) is 0 Å². The highest BCUT2D eigenvalue weighted by Crippen LogP contribution is 2.24. The van der Waals surface area contributed by atoms with Crippen LogP contribution in [0.25, 0.3) is 0 Å². The molecule has 5 heteroatoms. The molecular weight excluding hydrogens is 310 g/mol. The third kappa shape index (κ3) is 3.71. The van der Waals surface area contributed by atoms with E-state index in [9.17, 15) is 4.79 Å². The first kappa shape index (κ1) is 17.4. The van der Waals surface area contributed by atoms with Crippen LogP contribution in [0, 0.1) is 13.8 Å². The number of halogens is 1. The minimum absolute atomic E-state index is 0. The van der Waals surface area contributed by atoms with E-state index in [1.807, 2.05) is 49.2 Å². The summed E-state index contributed by atoms with van der Waals surface area (Å²) < 4.78 is 0. The molecule has 1 amide bonds. The van der Waals surface area contributed by atoms with Crippen molar-refractivity contribution in [3.05, 3.63) is 65.0 Å². The molecule has 3 rings (SSSR count). The quantitative estimate of drug-likeness (QED) is 0.920. The summed E-state index contributed by atoms with van der Waals surface area (Å²) in [7, 11) is 0. The molecule has 1 aliphatic heterocycles. The Kier molecular flexibility index (Phi) is 5.74. The van der Waals surface area contributed by atoms with Gasteiger partial charge in [-0.3, -0.25) is 9.78 Å². The van der Waals surface area contributed by atoms with Crippen molar-refractivity contribution >= 4 is 18.3 Å². The highest BCUT2D eigenvalue weighted by atomic mass is 35.5. The lowest BCUT2D eigenvalue weighted by atomic mass is 10.0. The van der Waals surface area contributed by atoms with E-state index in [0.717, 1.165) is 29.8 Å². The monoisotopic (exact) mass is 331 g/mol. The van der Waals surface area contributed by atoms with E-state index in [0.29, 0.717) is 6.54 Å². The molecule has 0 saturated carbocycles. The summed E-state index contributed by atoms with van der Waals surface area (Å²) in [5.41, 5.74) is 4.08. The molecule has 0 aliphatic carbocycles. The van der Waals surface area contributed by atoms with Crippen LogP contribution >= 0.6 is 12.4 Å². The van der Waals surface area contributed by atoms with Crippen LogP contribution in [-0.4, -0.2) is 35.4 Å². The first-order valence-corrected chi connectivity index (χ1v) is 7.65. The lowest BCUT2D eigenvalue weighted by Gasteiger charge is -2.36. The van der Waals surface area contributed by atoms with Gasteiger partial charge in [0.2, 0.25) is 0 Å². The average molecular weight is 332 g/mol. The van der Waals surface area contributed by atoms with Crippen LogP contribution in [0.1, 0.15) is 33.1 Å². The first-order valence-electron chi connectivity index (χ1n) is 7.65. The predicted octanol–water partition coefficient (Wildman–Crippen LogP) is 2.91. The number of amides is 1. The second-order valence-electron chi connectivity index (χ2n) is 5.82. The minimum Gasteiger partial charge on any atom is -0.329 e. The molecule has 1 fully saturated rings. The maximum absolute atomic E-state index is 13.0. The highest BCUT2D eigenvalue weighted by Gasteiger charge is 2.29. The second kappa shape index (κ2) is 7.57. The van der Waals surface area contributed by atoms with Gasteiger partial charge in [0.1, 0.15) is 0 Å². The molecule has 122 valence electrons. The smallest absolute Gasteiger partial charge is 0.254 e. The molecule has 1 aromatic carbocycles. The number of carbonyl (C=O) groups excluding carboxylic acids is 1. The normalized spacial score (nSPS) is 17.5. The Morgan fingerprint density at radius 3 is 2.83 bits per heavy atom. The molecule has 1 aromatic heterocycles. The SMILES string of the molecule is Cc1ccc(C(=O)N2CCNCC2c2cccnc2)c(C)c1.Cl. The van der Waals surface area contributed by atoms with Gasteiger partial charge < -0.3 is 10.2 Å². The maximum Gasteiger partial charge on any atom is 0.254 e. The van der Waals surface area contributed by atoms with Crippen molar-refractivity contribution in [1.82, 2.24) is 15.2 Å². The molecule has 2 aromatic rings. The Morgan fingerprint density at radius 2 is 2.13 bits per heavy atom. The third-order valence-electron chi connectivity index (χ3n) is 4.19. The van der Waals surface area contributed by atoms with Gasteiger partial charge in [-0.2, -0.15) is 0 Å². The summed E-state index contributed by atoms with van der Waals surface area (Å²) in [6.07, 6.45) is 3.61. The highest BCUT2D eigenvalue weighted by molar-refractivity contribution is 5.96. The summed E-state index contributed by atoms with van der Waals surface area (Å²) >= 11 is 0. The number of hydrogen-bond acceptors (Lipinski definition) is 3. The summed E-state index contributed by atoms with van der Waals surface area (Å²) in [5.74, 6) is 0.104. The fourth-order valence-electron chi connectivity index (χ4n) is 3.03. The number of aromatic nitrogens is 1. The Morgan fingerprint density at radius 1 is 1.30 bits per heavy atom. The largest absolute Gasteiger partial charge is 0.329 e. The average Bonchev–Trinajstić information content (AvgIpc) is 2.55. The van der Waals surface area contributed by atoms with E-state index in [2.05, 4.69) is 16.4 Å². The Bertz CT molecular complexity index is 675. The third-order valence-corrected chi connectivity index (χ3v) is 4.19. The number of pyridine rings is 1. The van der Waals surface area contributed by atoms with E-state index < -0.39 is 0 Å². The van der Waals surface area contributed by atoms with Gasteiger partial charge in [-0.15, -0.1) is 12.4 Å². The Balaban J connectivity index is 0.00000192. The molecule has 1 saturated heterocycles. The first-order chi connectivity index (χ1) is 10.7. The summed E-state index contributed by atoms with van der Waals surface area (Å²) in [4.78, 5) is 19.1. The number of nitrogens with zero attached hydrogens (tertiary/aromatic N) is 2. The van der Waals surface area contributed by atoms with E-state index in [-0.39, 0.29) is 24.4 Å². The van der Waals surface area contributed by atoms with Gasteiger partial charge in [-0.1, -0.05) is 23.8 Å². The van der Waals surface area contributed by atoms with Gasteiger partial charge >= 0.3 is 0 Å². The molecule has 0 radical (unpaired) electrons. The molecule has 23 heavy (non-hydrogen) atoms.